The lowest BCUT2D eigenvalue weighted by Gasteiger charge is -2.36. The largest absolute Gasteiger partial charge is 0.481 e. The van der Waals surface area contributed by atoms with E-state index >= 15 is 0 Å². The third-order valence-corrected chi connectivity index (χ3v) is 6.44. The molecule has 4 fully saturated rings. The predicted molar refractivity (Wildman–Crippen MR) is 77.1 cm³/mol. The second kappa shape index (κ2) is 4.95. The van der Waals surface area contributed by atoms with Crippen LogP contribution in [-0.4, -0.2) is 35.0 Å². The molecule has 1 aliphatic carbocycles. The van der Waals surface area contributed by atoms with E-state index in [-0.39, 0.29) is 23.9 Å². The third-order valence-electron chi connectivity index (χ3n) is 6.44. The Labute approximate surface area is 126 Å². The molecule has 4 heteroatoms. The van der Waals surface area contributed by atoms with E-state index < -0.39 is 11.4 Å². The predicted octanol–water partition coefficient (Wildman–Crippen LogP) is 3.28. The SMILES string of the molecule is O=C(O)C1(CC2CCC3(CCCCC3)O2)CC2CCC1O2. The first-order valence-electron chi connectivity index (χ1n) is 8.69. The number of fused-ring (bicyclic) bond motifs is 2. The Hall–Kier alpha value is -0.610. The van der Waals surface area contributed by atoms with Gasteiger partial charge >= 0.3 is 5.97 Å². The summed E-state index contributed by atoms with van der Waals surface area (Å²) in [5.74, 6) is -0.664. The molecule has 3 heterocycles. The van der Waals surface area contributed by atoms with E-state index in [1.165, 1.54) is 32.1 Å². The van der Waals surface area contributed by atoms with Crippen molar-refractivity contribution in [3.8, 4) is 0 Å². The van der Waals surface area contributed by atoms with Crippen LogP contribution in [0.3, 0.4) is 0 Å². The van der Waals surface area contributed by atoms with Crippen LogP contribution in [0.1, 0.15) is 70.6 Å². The number of carboxylic acids is 1. The van der Waals surface area contributed by atoms with E-state index in [1.54, 1.807) is 0 Å². The second-order valence-corrected chi connectivity index (χ2v) is 7.72. The van der Waals surface area contributed by atoms with E-state index in [0.29, 0.717) is 12.8 Å². The van der Waals surface area contributed by atoms with Gasteiger partial charge in [-0.1, -0.05) is 19.3 Å². The quantitative estimate of drug-likeness (QED) is 0.868. The van der Waals surface area contributed by atoms with Crippen molar-refractivity contribution in [1.82, 2.24) is 0 Å². The molecule has 0 aromatic heterocycles. The van der Waals surface area contributed by atoms with Crippen molar-refractivity contribution >= 4 is 5.97 Å². The van der Waals surface area contributed by atoms with Crippen LogP contribution in [0.25, 0.3) is 0 Å². The van der Waals surface area contributed by atoms with Gasteiger partial charge in [0.15, 0.2) is 0 Å². The minimum absolute atomic E-state index is 0.0773. The van der Waals surface area contributed by atoms with Crippen molar-refractivity contribution in [2.24, 2.45) is 5.41 Å². The number of ether oxygens (including phenoxy) is 2. The highest BCUT2D eigenvalue weighted by Gasteiger charge is 2.59. The fraction of sp³-hybridized carbons (Fsp3) is 0.941. The summed E-state index contributed by atoms with van der Waals surface area (Å²) in [6.07, 6.45) is 11.9. The maximum atomic E-state index is 11.9. The summed E-state index contributed by atoms with van der Waals surface area (Å²) in [4.78, 5) is 11.9. The number of carbonyl (C=O) groups is 1. The lowest BCUT2D eigenvalue weighted by atomic mass is 9.70. The molecule has 0 aromatic rings. The Morgan fingerprint density at radius 1 is 1.10 bits per heavy atom. The van der Waals surface area contributed by atoms with Crippen LogP contribution >= 0.6 is 0 Å². The van der Waals surface area contributed by atoms with Gasteiger partial charge < -0.3 is 14.6 Å². The zero-order chi connectivity index (χ0) is 14.5. The summed E-state index contributed by atoms with van der Waals surface area (Å²) in [6.45, 7) is 0. The highest BCUT2D eigenvalue weighted by Crippen LogP contribution is 2.53. The molecule has 3 saturated heterocycles. The van der Waals surface area contributed by atoms with Gasteiger partial charge in [0, 0.05) is 0 Å². The monoisotopic (exact) mass is 294 g/mol. The molecule has 4 aliphatic rings. The summed E-state index contributed by atoms with van der Waals surface area (Å²) in [5.41, 5.74) is -0.588. The molecule has 1 spiro atoms. The van der Waals surface area contributed by atoms with Crippen LogP contribution in [-0.2, 0) is 14.3 Å². The van der Waals surface area contributed by atoms with E-state index in [4.69, 9.17) is 9.47 Å². The van der Waals surface area contributed by atoms with E-state index in [2.05, 4.69) is 0 Å². The lowest BCUT2D eigenvalue weighted by molar-refractivity contribution is -0.157. The van der Waals surface area contributed by atoms with Gasteiger partial charge in [0.05, 0.1) is 29.3 Å². The molecule has 0 radical (unpaired) electrons. The summed E-state index contributed by atoms with van der Waals surface area (Å²) in [5, 5.41) is 9.81. The van der Waals surface area contributed by atoms with Gasteiger partial charge in [-0.05, 0) is 51.4 Å². The molecule has 2 bridgehead atoms. The van der Waals surface area contributed by atoms with Crippen molar-refractivity contribution in [2.75, 3.05) is 0 Å². The van der Waals surface area contributed by atoms with Gasteiger partial charge in [-0.3, -0.25) is 4.79 Å². The van der Waals surface area contributed by atoms with Crippen LogP contribution < -0.4 is 0 Å². The Kier molecular flexibility index (Phi) is 3.30. The van der Waals surface area contributed by atoms with Gasteiger partial charge in [0.2, 0.25) is 0 Å². The first-order chi connectivity index (χ1) is 10.1. The fourth-order valence-electron chi connectivity index (χ4n) is 5.34. The normalized spacial score (nSPS) is 44.5. The molecule has 4 nitrogen and oxygen atoms in total. The second-order valence-electron chi connectivity index (χ2n) is 7.72. The van der Waals surface area contributed by atoms with E-state index in [9.17, 15) is 9.90 Å². The molecule has 4 unspecified atom stereocenters. The molecule has 21 heavy (non-hydrogen) atoms. The number of hydrogen-bond donors (Lipinski definition) is 1. The highest BCUT2D eigenvalue weighted by atomic mass is 16.5. The molecule has 4 rings (SSSR count). The maximum Gasteiger partial charge on any atom is 0.312 e. The molecule has 4 atom stereocenters. The summed E-state index contributed by atoms with van der Waals surface area (Å²) < 4.78 is 12.3. The lowest BCUT2D eigenvalue weighted by Crippen LogP contribution is -2.43. The minimum Gasteiger partial charge on any atom is -0.481 e. The van der Waals surface area contributed by atoms with Gasteiger partial charge in [0.1, 0.15) is 0 Å². The number of hydrogen-bond acceptors (Lipinski definition) is 3. The summed E-state index contributed by atoms with van der Waals surface area (Å²) >= 11 is 0. The molecule has 1 N–H and O–H groups in total. The molecule has 0 aromatic carbocycles. The number of aliphatic carboxylic acids is 1. The van der Waals surface area contributed by atoms with Gasteiger partial charge in [0.25, 0.3) is 0 Å². The first-order valence-corrected chi connectivity index (χ1v) is 8.69. The summed E-state index contributed by atoms with van der Waals surface area (Å²) in [7, 11) is 0. The maximum absolute atomic E-state index is 11.9. The van der Waals surface area contributed by atoms with Crippen molar-refractivity contribution in [3.05, 3.63) is 0 Å². The van der Waals surface area contributed by atoms with Crippen LogP contribution in [0.5, 0.6) is 0 Å². The Bertz CT molecular complexity index is 429. The highest BCUT2D eigenvalue weighted by molar-refractivity contribution is 5.76. The van der Waals surface area contributed by atoms with Crippen LogP contribution in [0.4, 0.5) is 0 Å². The topological polar surface area (TPSA) is 55.8 Å². The Morgan fingerprint density at radius 3 is 2.52 bits per heavy atom. The zero-order valence-corrected chi connectivity index (χ0v) is 12.7. The average molecular weight is 294 g/mol. The number of carboxylic acid groups (broad SMARTS) is 1. The van der Waals surface area contributed by atoms with Gasteiger partial charge in [-0.25, -0.2) is 0 Å². The van der Waals surface area contributed by atoms with E-state index in [0.717, 1.165) is 25.7 Å². The van der Waals surface area contributed by atoms with Crippen LogP contribution in [0, 0.1) is 5.41 Å². The van der Waals surface area contributed by atoms with Crippen molar-refractivity contribution in [2.45, 2.75) is 94.5 Å². The molecule has 118 valence electrons. The third kappa shape index (κ3) is 2.22. The van der Waals surface area contributed by atoms with Gasteiger partial charge in [-0.2, -0.15) is 0 Å². The Balaban J connectivity index is 1.46. The van der Waals surface area contributed by atoms with Gasteiger partial charge in [-0.15, -0.1) is 0 Å². The molecule has 0 amide bonds. The van der Waals surface area contributed by atoms with Crippen LogP contribution in [0.2, 0.25) is 0 Å². The Morgan fingerprint density at radius 2 is 1.90 bits per heavy atom. The molecule has 1 saturated carbocycles. The average Bonchev–Trinajstić information content (AvgIpc) is 3.16. The zero-order valence-electron chi connectivity index (χ0n) is 12.7. The minimum atomic E-state index is -0.673. The smallest absolute Gasteiger partial charge is 0.312 e. The summed E-state index contributed by atoms with van der Waals surface area (Å²) in [6, 6.07) is 0. The molecular formula is C17H26O4. The van der Waals surface area contributed by atoms with Crippen molar-refractivity contribution < 1.29 is 19.4 Å². The number of rotatable bonds is 3. The molecule has 3 aliphatic heterocycles. The van der Waals surface area contributed by atoms with Crippen molar-refractivity contribution in [3.63, 3.8) is 0 Å². The van der Waals surface area contributed by atoms with Crippen LogP contribution in [0.15, 0.2) is 0 Å². The molecular weight excluding hydrogens is 268 g/mol. The van der Waals surface area contributed by atoms with E-state index in [1.807, 2.05) is 0 Å². The van der Waals surface area contributed by atoms with Crippen molar-refractivity contribution in [1.29, 1.82) is 0 Å². The fourth-order valence-corrected chi connectivity index (χ4v) is 5.34. The first kappa shape index (κ1) is 14.0. The standard InChI is InChI=1S/C17H26O4/c18-15(19)17(10-12-4-5-14(17)20-12)11-13-6-9-16(21-13)7-2-1-3-8-16/h12-14H,1-11H2,(H,18,19).